The summed E-state index contributed by atoms with van der Waals surface area (Å²) in [6.45, 7) is 1.78. The fourth-order valence-corrected chi connectivity index (χ4v) is 1.62. The molecule has 94 valence electrons. The lowest BCUT2D eigenvalue weighted by atomic mass is 10.2. The van der Waals surface area contributed by atoms with Crippen LogP contribution in [0.2, 0.25) is 0 Å². The summed E-state index contributed by atoms with van der Waals surface area (Å²) in [7, 11) is 1.56. The zero-order valence-corrected chi connectivity index (χ0v) is 10.2. The molecule has 0 aliphatic rings. The van der Waals surface area contributed by atoms with E-state index in [1.54, 1.807) is 38.3 Å². The maximum Gasteiger partial charge on any atom is 0.133 e. The molecule has 2 aromatic rings. The molecule has 2 N–H and O–H groups in total. The van der Waals surface area contributed by atoms with Crippen LogP contribution < -0.4 is 15.2 Å². The standard InChI is InChI=1S/C14H14FNO2/c1-9-5-10(15)3-4-14(9)18-13-7-11(16)6-12(8-13)17-2/h3-8H,16H2,1-2H3. The highest BCUT2D eigenvalue weighted by Gasteiger charge is 2.05. The van der Waals surface area contributed by atoms with E-state index in [9.17, 15) is 4.39 Å². The van der Waals surface area contributed by atoms with Gasteiger partial charge < -0.3 is 15.2 Å². The van der Waals surface area contributed by atoms with Crippen LogP contribution in [0.15, 0.2) is 36.4 Å². The molecule has 0 unspecified atom stereocenters. The lowest BCUT2D eigenvalue weighted by Gasteiger charge is -2.10. The first-order valence-electron chi connectivity index (χ1n) is 5.47. The number of hydrogen-bond acceptors (Lipinski definition) is 3. The van der Waals surface area contributed by atoms with Gasteiger partial charge >= 0.3 is 0 Å². The van der Waals surface area contributed by atoms with Gasteiger partial charge in [0.1, 0.15) is 23.1 Å². The molecule has 0 bridgehead atoms. The highest BCUT2D eigenvalue weighted by atomic mass is 19.1. The van der Waals surface area contributed by atoms with Crippen molar-refractivity contribution in [3.05, 3.63) is 47.8 Å². The zero-order chi connectivity index (χ0) is 13.1. The molecule has 0 aliphatic heterocycles. The summed E-state index contributed by atoms with van der Waals surface area (Å²) in [5.41, 5.74) is 7.00. The minimum Gasteiger partial charge on any atom is -0.497 e. The first-order chi connectivity index (χ1) is 8.58. The Hall–Kier alpha value is -2.23. The molecule has 0 heterocycles. The molecule has 2 aromatic carbocycles. The predicted octanol–water partition coefficient (Wildman–Crippen LogP) is 3.52. The first kappa shape index (κ1) is 12.2. The van der Waals surface area contributed by atoms with Crippen LogP contribution in [0.5, 0.6) is 17.2 Å². The van der Waals surface area contributed by atoms with Gasteiger partial charge in [0.15, 0.2) is 0 Å². The number of hydrogen-bond donors (Lipinski definition) is 1. The van der Waals surface area contributed by atoms with Gasteiger partial charge in [-0.3, -0.25) is 0 Å². The molecule has 0 saturated carbocycles. The topological polar surface area (TPSA) is 44.5 Å². The van der Waals surface area contributed by atoms with Crippen molar-refractivity contribution in [2.75, 3.05) is 12.8 Å². The van der Waals surface area contributed by atoms with Crippen LogP contribution in [0.1, 0.15) is 5.56 Å². The lowest BCUT2D eigenvalue weighted by molar-refractivity contribution is 0.409. The van der Waals surface area contributed by atoms with Crippen LogP contribution in [0.25, 0.3) is 0 Å². The monoisotopic (exact) mass is 247 g/mol. The van der Waals surface area contributed by atoms with Crippen molar-refractivity contribution < 1.29 is 13.9 Å². The molecule has 0 atom stereocenters. The third kappa shape index (κ3) is 2.71. The Bertz CT molecular complexity index is 570. The summed E-state index contributed by atoms with van der Waals surface area (Å²) in [6.07, 6.45) is 0. The maximum atomic E-state index is 13.0. The normalized spacial score (nSPS) is 10.2. The SMILES string of the molecule is COc1cc(N)cc(Oc2ccc(F)cc2C)c1. The van der Waals surface area contributed by atoms with E-state index >= 15 is 0 Å². The molecular formula is C14H14FNO2. The van der Waals surface area contributed by atoms with Crippen molar-refractivity contribution in [3.63, 3.8) is 0 Å². The Labute approximate surface area is 105 Å². The summed E-state index contributed by atoms with van der Waals surface area (Å²) in [4.78, 5) is 0. The Balaban J connectivity index is 2.30. The predicted molar refractivity (Wildman–Crippen MR) is 68.6 cm³/mol. The Morgan fingerprint density at radius 2 is 1.78 bits per heavy atom. The summed E-state index contributed by atoms with van der Waals surface area (Å²) in [6, 6.07) is 9.46. The van der Waals surface area contributed by atoms with Crippen LogP contribution in [-0.4, -0.2) is 7.11 Å². The number of methoxy groups -OCH3 is 1. The fraction of sp³-hybridized carbons (Fsp3) is 0.143. The number of ether oxygens (including phenoxy) is 2. The van der Waals surface area contributed by atoms with E-state index in [0.29, 0.717) is 22.9 Å². The van der Waals surface area contributed by atoms with Crippen LogP contribution in [0.4, 0.5) is 10.1 Å². The number of halogens is 1. The van der Waals surface area contributed by atoms with Gasteiger partial charge in [0.05, 0.1) is 7.11 Å². The molecule has 0 amide bonds. The lowest BCUT2D eigenvalue weighted by Crippen LogP contribution is -1.93. The first-order valence-corrected chi connectivity index (χ1v) is 5.47. The van der Waals surface area contributed by atoms with E-state index in [1.807, 2.05) is 0 Å². The van der Waals surface area contributed by atoms with Gasteiger partial charge in [-0.25, -0.2) is 4.39 Å². The van der Waals surface area contributed by atoms with Crippen molar-refractivity contribution in [1.82, 2.24) is 0 Å². The maximum absolute atomic E-state index is 13.0. The molecule has 3 nitrogen and oxygen atoms in total. The van der Waals surface area contributed by atoms with E-state index in [4.69, 9.17) is 15.2 Å². The van der Waals surface area contributed by atoms with Gasteiger partial charge in [0, 0.05) is 23.9 Å². The minimum absolute atomic E-state index is 0.287. The molecule has 0 aromatic heterocycles. The van der Waals surface area contributed by atoms with E-state index in [2.05, 4.69) is 0 Å². The highest BCUT2D eigenvalue weighted by Crippen LogP contribution is 2.30. The smallest absolute Gasteiger partial charge is 0.133 e. The average Bonchev–Trinajstić information content (AvgIpc) is 2.32. The van der Waals surface area contributed by atoms with Crippen LogP contribution in [0.3, 0.4) is 0 Å². The van der Waals surface area contributed by atoms with Gasteiger partial charge in [-0.1, -0.05) is 0 Å². The van der Waals surface area contributed by atoms with Crippen molar-refractivity contribution in [2.24, 2.45) is 0 Å². The van der Waals surface area contributed by atoms with Crippen molar-refractivity contribution >= 4 is 5.69 Å². The third-order valence-electron chi connectivity index (χ3n) is 2.50. The number of nitrogen functional groups attached to an aromatic ring is 1. The van der Waals surface area contributed by atoms with Crippen LogP contribution >= 0.6 is 0 Å². The van der Waals surface area contributed by atoms with Gasteiger partial charge in [-0.2, -0.15) is 0 Å². The van der Waals surface area contributed by atoms with Gasteiger partial charge in [-0.15, -0.1) is 0 Å². The molecule has 18 heavy (non-hydrogen) atoms. The van der Waals surface area contributed by atoms with Crippen LogP contribution in [-0.2, 0) is 0 Å². The number of nitrogens with two attached hydrogens (primary N) is 1. The van der Waals surface area contributed by atoms with Gasteiger partial charge in [-0.05, 0) is 30.7 Å². The molecule has 0 aliphatic carbocycles. The number of anilines is 1. The molecule has 4 heteroatoms. The average molecular weight is 247 g/mol. The Morgan fingerprint density at radius 3 is 2.44 bits per heavy atom. The second kappa shape index (κ2) is 4.96. The van der Waals surface area contributed by atoms with E-state index in [0.717, 1.165) is 5.56 Å². The van der Waals surface area contributed by atoms with Crippen LogP contribution in [0, 0.1) is 12.7 Å². The second-order valence-corrected chi connectivity index (χ2v) is 3.95. The molecule has 2 rings (SSSR count). The minimum atomic E-state index is -0.287. The molecule has 0 fully saturated rings. The summed E-state index contributed by atoms with van der Waals surface area (Å²) in [5.74, 6) is 1.47. The Morgan fingerprint density at radius 1 is 1.06 bits per heavy atom. The second-order valence-electron chi connectivity index (χ2n) is 3.95. The summed E-state index contributed by atoms with van der Waals surface area (Å²) in [5, 5.41) is 0. The molecule has 0 saturated heterocycles. The molecule has 0 spiro atoms. The Kier molecular flexibility index (Phi) is 3.37. The van der Waals surface area contributed by atoms with Gasteiger partial charge in [0.25, 0.3) is 0 Å². The number of rotatable bonds is 3. The zero-order valence-electron chi connectivity index (χ0n) is 10.2. The van der Waals surface area contributed by atoms with Crippen molar-refractivity contribution in [3.8, 4) is 17.2 Å². The molecule has 0 radical (unpaired) electrons. The van der Waals surface area contributed by atoms with E-state index in [1.165, 1.54) is 12.1 Å². The quantitative estimate of drug-likeness (QED) is 0.844. The largest absolute Gasteiger partial charge is 0.497 e. The summed E-state index contributed by atoms with van der Waals surface area (Å²) < 4.78 is 23.7. The van der Waals surface area contributed by atoms with Crippen molar-refractivity contribution in [2.45, 2.75) is 6.92 Å². The highest BCUT2D eigenvalue weighted by molar-refractivity contribution is 5.51. The molecular weight excluding hydrogens is 233 g/mol. The number of benzene rings is 2. The van der Waals surface area contributed by atoms with Crippen molar-refractivity contribution in [1.29, 1.82) is 0 Å². The van der Waals surface area contributed by atoms with Gasteiger partial charge in [0.2, 0.25) is 0 Å². The number of aryl methyl sites for hydroxylation is 1. The van der Waals surface area contributed by atoms with E-state index < -0.39 is 0 Å². The summed E-state index contributed by atoms with van der Waals surface area (Å²) >= 11 is 0. The fourth-order valence-electron chi connectivity index (χ4n) is 1.62. The third-order valence-corrected chi connectivity index (χ3v) is 2.50. The van der Waals surface area contributed by atoms with E-state index in [-0.39, 0.29) is 5.82 Å².